The Morgan fingerprint density at radius 1 is 1.00 bits per heavy atom. The molecule has 4 aliphatic rings. The van der Waals surface area contributed by atoms with Gasteiger partial charge in [0.15, 0.2) is 11.6 Å². The van der Waals surface area contributed by atoms with Crippen LogP contribution in [0.4, 0.5) is 5.69 Å². The van der Waals surface area contributed by atoms with Crippen LogP contribution in [-0.4, -0.2) is 35.0 Å². The third kappa shape index (κ3) is 2.10. The molecule has 0 aromatic heterocycles. The van der Waals surface area contributed by atoms with Gasteiger partial charge in [-0.3, -0.25) is 24.5 Å². The molecule has 1 aliphatic carbocycles. The van der Waals surface area contributed by atoms with Crippen LogP contribution in [0.2, 0.25) is 0 Å². The summed E-state index contributed by atoms with van der Waals surface area (Å²) >= 11 is 0. The quantitative estimate of drug-likeness (QED) is 0.803. The lowest BCUT2D eigenvalue weighted by Crippen LogP contribution is -2.55. The molecule has 6 heteroatoms. The highest BCUT2D eigenvalue weighted by Crippen LogP contribution is 2.51. The van der Waals surface area contributed by atoms with Gasteiger partial charge in [0.2, 0.25) is 11.8 Å². The summed E-state index contributed by atoms with van der Waals surface area (Å²) in [6.07, 6.45) is 6.62. The van der Waals surface area contributed by atoms with Gasteiger partial charge in [0.05, 0.1) is 29.1 Å². The van der Waals surface area contributed by atoms with Crippen LogP contribution in [0, 0.1) is 11.8 Å². The summed E-state index contributed by atoms with van der Waals surface area (Å²) in [7, 11) is 0. The van der Waals surface area contributed by atoms with E-state index in [0.29, 0.717) is 24.9 Å². The number of carbonyl (C=O) groups excluding carboxylic acids is 4. The van der Waals surface area contributed by atoms with Gasteiger partial charge in [0, 0.05) is 6.42 Å². The predicted octanol–water partition coefficient (Wildman–Crippen LogP) is 1.32. The van der Waals surface area contributed by atoms with Gasteiger partial charge in [-0.2, -0.15) is 0 Å². The van der Waals surface area contributed by atoms with Gasteiger partial charge in [-0.25, -0.2) is 4.90 Å². The number of anilines is 1. The minimum absolute atomic E-state index is 0.0226. The lowest BCUT2D eigenvalue weighted by atomic mass is 9.73. The summed E-state index contributed by atoms with van der Waals surface area (Å²) in [5, 5.41) is 3.25. The zero-order chi connectivity index (χ0) is 18.8. The minimum Gasteiger partial charge on any atom is -0.295 e. The van der Waals surface area contributed by atoms with E-state index in [1.165, 1.54) is 11.0 Å². The third-order valence-corrected chi connectivity index (χ3v) is 6.16. The summed E-state index contributed by atoms with van der Waals surface area (Å²) < 4.78 is 0. The van der Waals surface area contributed by atoms with Gasteiger partial charge in [0.1, 0.15) is 0 Å². The van der Waals surface area contributed by atoms with Crippen molar-refractivity contribution < 1.29 is 19.2 Å². The largest absolute Gasteiger partial charge is 0.295 e. The SMILES string of the molecule is O=C1C=C(C23C=CC(=O)C(N2)C2C(=O)N(c4ccccc4)C(=O)C23)CCC1. The number of para-hydroxylation sites is 1. The van der Waals surface area contributed by atoms with Crippen LogP contribution >= 0.6 is 0 Å². The van der Waals surface area contributed by atoms with Gasteiger partial charge < -0.3 is 0 Å². The first kappa shape index (κ1) is 16.3. The van der Waals surface area contributed by atoms with E-state index in [2.05, 4.69) is 5.32 Å². The average molecular weight is 362 g/mol. The van der Waals surface area contributed by atoms with Crippen molar-refractivity contribution >= 4 is 29.1 Å². The predicted molar refractivity (Wildman–Crippen MR) is 96.7 cm³/mol. The Hall–Kier alpha value is -2.86. The van der Waals surface area contributed by atoms with Crippen molar-refractivity contribution in [3.63, 3.8) is 0 Å². The van der Waals surface area contributed by atoms with Gasteiger partial charge in [0.25, 0.3) is 0 Å². The molecular weight excluding hydrogens is 344 g/mol. The number of fused-ring (bicyclic) bond motifs is 5. The van der Waals surface area contributed by atoms with Gasteiger partial charge in [-0.15, -0.1) is 0 Å². The molecule has 1 aromatic rings. The highest BCUT2D eigenvalue weighted by molar-refractivity contribution is 6.25. The first-order valence-corrected chi connectivity index (χ1v) is 9.20. The molecule has 4 unspecified atom stereocenters. The number of hydrogen-bond acceptors (Lipinski definition) is 5. The van der Waals surface area contributed by atoms with Crippen molar-refractivity contribution in [3.05, 3.63) is 54.1 Å². The van der Waals surface area contributed by atoms with E-state index in [-0.39, 0.29) is 23.4 Å². The molecule has 1 N–H and O–H groups in total. The van der Waals surface area contributed by atoms with Crippen LogP contribution in [0.1, 0.15) is 19.3 Å². The van der Waals surface area contributed by atoms with Crippen LogP contribution in [0.5, 0.6) is 0 Å². The number of nitrogens with one attached hydrogen (secondary N) is 1. The topological polar surface area (TPSA) is 83.6 Å². The summed E-state index contributed by atoms with van der Waals surface area (Å²) in [5.74, 6) is -2.31. The number of nitrogens with zero attached hydrogens (tertiary/aromatic N) is 1. The standard InChI is InChI=1S/C21H18N2O4/c24-14-8-4-5-12(11-14)21-10-9-15(25)18(22-21)16-17(21)20(27)23(19(16)26)13-6-2-1-3-7-13/h1-3,6-7,9-11,16-18,22H,4-5,8H2. The molecule has 136 valence electrons. The fraction of sp³-hybridized carbons (Fsp3) is 0.333. The lowest BCUT2D eigenvalue weighted by molar-refractivity contribution is -0.126. The van der Waals surface area contributed by atoms with Crippen molar-refractivity contribution in [2.45, 2.75) is 30.8 Å². The molecule has 2 saturated heterocycles. The second kappa shape index (κ2) is 5.57. The number of allylic oxidation sites excluding steroid dienone is 1. The van der Waals surface area contributed by atoms with E-state index >= 15 is 0 Å². The summed E-state index contributed by atoms with van der Waals surface area (Å²) in [6.45, 7) is 0. The monoisotopic (exact) mass is 362 g/mol. The Labute approximate surface area is 155 Å². The zero-order valence-corrected chi connectivity index (χ0v) is 14.6. The molecular formula is C21H18N2O4. The molecule has 0 spiro atoms. The molecule has 4 atom stereocenters. The highest BCUT2D eigenvalue weighted by atomic mass is 16.2. The number of ketones is 2. The van der Waals surface area contributed by atoms with Crippen LogP contribution in [-0.2, 0) is 19.2 Å². The van der Waals surface area contributed by atoms with Crippen molar-refractivity contribution in [2.24, 2.45) is 11.8 Å². The van der Waals surface area contributed by atoms with Crippen molar-refractivity contribution in [1.82, 2.24) is 5.32 Å². The highest BCUT2D eigenvalue weighted by Gasteiger charge is 2.68. The minimum atomic E-state index is -0.935. The maximum atomic E-state index is 13.4. The fourth-order valence-electron chi connectivity index (χ4n) is 5.01. The number of imide groups is 1. The number of rotatable bonds is 2. The van der Waals surface area contributed by atoms with Gasteiger partial charge in [-0.05, 0) is 42.7 Å². The van der Waals surface area contributed by atoms with Crippen molar-refractivity contribution in [1.29, 1.82) is 0 Å². The molecule has 0 saturated carbocycles. The first-order valence-electron chi connectivity index (χ1n) is 9.20. The molecule has 3 aliphatic heterocycles. The lowest BCUT2D eigenvalue weighted by Gasteiger charge is -2.37. The van der Waals surface area contributed by atoms with Crippen LogP contribution in [0.3, 0.4) is 0 Å². The molecule has 2 fully saturated rings. The molecule has 0 radical (unpaired) electrons. The molecule has 3 heterocycles. The fourth-order valence-corrected chi connectivity index (χ4v) is 5.01. The Balaban J connectivity index is 1.65. The summed E-state index contributed by atoms with van der Waals surface area (Å²) in [4.78, 5) is 52.2. The zero-order valence-electron chi connectivity index (χ0n) is 14.6. The number of hydrogen-bond donors (Lipinski definition) is 1. The number of carbonyl (C=O) groups is 4. The third-order valence-electron chi connectivity index (χ3n) is 6.16. The average Bonchev–Trinajstić information content (AvgIpc) is 3.12. The van der Waals surface area contributed by atoms with E-state index < -0.39 is 23.4 Å². The Kier molecular flexibility index (Phi) is 3.37. The van der Waals surface area contributed by atoms with Crippen LogP contribution < -0.4 is 10.2 Å². The smallest absolute Gasteiger partial charge is 0.240 e. The Bertz CT molecular complexity index is 948. The maximum absolute atomic E-state index is 13.4. The molecule has 2 bridgehead atoms. The number of amides is 2. The Morgan fingerprint density at radius 3 is 2.52 bits per heavy atom. The molecule has 1 aromatic carbocycles. The van der Waals surface area contributed by atoms with Crippen molar-refractivity contribution in [3.8, 4) is 0 Å². The van der Waals surface area contributed by atoms with Gasteiger partial charge in [-0.1, -0.05) is 24.3 Å². The Morgan fingerprint density at radius 2 is 1.78 bits per heavy atom. The van der Waals surface area contributed by atoms with E-state index in [9.17, 15) is 19.2 Å². The van der Waals surface area contributed by atoms with Crippen molar-refractivity contribution in [2.75, 3.05) is 4.90 Å². The number of benzene rings is 1. The second-order valence-corrected chi connectivity index (χ2v) is 7.57. The summed E-state index contributed by atoms with van der Waals surface area (Å²) in [6, 6.07) is 8.06. The van der Waals surface area contributed by atoms with E-state index in [0.717, 1.165) is 5.57 Å². The van der Waals surface area contributed by atoms with E-state index in [4.69, 9.17) is 0 Å². The van der Waals surface area contributed by atoms with E-state index in [1.807, 2.05) is 6.07 Å². The maximum Gasteiger partial charge on any atom is 0.240 e. The van der Waals surface area contributed by atoms with Gasteiger partial charge >= 0.3 is 0 Å². The second-order valence-electron chi connectivity index (χ2n) is 7.57. The van der Waals surface area contributed by atoms with E-state index in [1.54, 1.807) is 36.4 Å². The molecule has 2 amide bonds. The molecule has 27 heavy (non-hydrogen) atoms. The van der Waals surface area contributed by atoms with Crippen LogP contribution in [0.15, 0.2) is 54.1 Å². The molecule has 5 rings (SSSR count). The summed E-state index contributed by atoms with van der Waals surface area (Å²) in [5.41, 5.74) is 0.381. The van der Waals surface area contributed by atoms with Crippen LogP contribution in [0.25, 0.3) is 0 Å². The molecule has 6 nitrogen and oxygen atoms in total. The first-order chi connectivity index (χ1) is 13.0. The normalized spacial score (nSPS) is 34.9.